The Kier molecular flexibility index (Phi) is 6.09. The predicted molar refractivity (Wildman–Crippen MR) is 71.7 cm³/mol. The molecule has 0 aromatic carbocycles. The largest absolute Gasteiger partial charge is 0.481 e. The van der Waals surface area contributed by atoms with Gasteiger partial charge in [0.1, 0.15) is 0 Å². The van der Waals surface area contributed by atoms with Crippen LogP contribution < -0.4 is 0 Å². The number of methoxy groups -OCH3 is 1. The molecule has 1 aliphatic rings. The summed E-state index contributed by atoms with van der Waals surface area (Å²) in [6.07, 6.45) is 4.51. The lowest BCUT2D eigenvalue weighted by molar-refractivity contribution is -0.154. The molecule has 106 valence electrons. The van der Waals surface area contributed by atoms with Crippen LogP contribution in [0.15, 0.2) is 0 Å². The summed E-state index contributed by atoms with van der Waals surface area (Å²) in [5.74, 6) is -0.618. The van der Waals surface area contributed by atoms with Crippen molar-refractivity contribution in [2.75, 3.05) is 26.8 Å². The van der Waals surface area contributed by atoms with Crippen molar-refractivity contribution in [3.8, 4) is 0 Å². The zero-order valence-electron chi connectivity index (χ0n) is 11.9. The Morgan fingerprint density at radius 1 is 1.56 bits per heavy atom. The van der Waals surface area contributed by atoms with Crippen LogP contribution in [0.25, 0.3) is 0 Å². The molecule has 2 unspecified atom stereocenters. The average Bonchev–Trinajstić information content (AvgIpc) is 2.36. The third-order valence-corrected chi connectivity index (χ3v) is 4.15. The maximum absolute atomic E-state index is 11.6. The van der Waals surface area contributed by atoms with Crippen molar-refractivity contribution in [2.24, 2.45) is 5.41 Å². The second kappa shape index (κ2) is 7.10. The standard InChI is InChI=1S/C14H27NO3/c1-4-7-14(13(16)17)8-5-9-15(11-14)12(2)6-10-18-3/h12H,4-11H2,1-3H3,(H,16,17). The molecule has 2 atom stereocenters. The first-order valence-corrected chi connectivity index (χ1v) is 7.02. The van der Waals surface area contributed by atoms with E-state index in [0.29, 0.717) is 12.6 Å². The van der Waals surface area contributed by atoms with Gasteiger partial charge in [0.05, 0.1) is 5.41 Å². The molecule has 0 bridgehead atoms. The van der Waals surface area contributed by atoms with Gasteiger partial charge in [-0.05, 0) is 39.2 Å². The van der Waals surface area contributed by atoms with Gasteiger partial charge in [0.25, 0.3) is 0 Å². The molecule has 0 amide bonds. The van der Waals surface area contributed by atoms with Crippen LogP contribution in [0.1, 0.15) is 46.0 Å². The number of carbonyl (C=O) groups is 1. The molecule has 0 aromatic rings. The van der Waals surface area contributed by atoms with Crippen LogP contribution in [0.2, 0.25) is 0 Å². The SMILES string of the molecule is CCCC1(C(=O)O)CCCN(C(C)CCOC)C1. The number of ether oxygens (including phenoxy) is 1. The van der Waals surface area contributed by atoms with E-state index in [1.54, 1.807) is 7.11 Å². The average molecular weight is 257 g/mol. The monoisotopic (exact) mass is 257 g/mol. The van der Waals surface area contributed by atoms with E-state index in [9.17, 15) is 9.90 Å². The van der Waals surface area contributed by atoms with E-state index < -0.39 is 11.4 Å². The molecule has 1 aliphatic heterocycles. The van der Waals surface area contributed by atoms with Crippen LogP contribution in [0.3, 0.4) is 0 Å². The molecule has 0 saturated carbocycles. The molecular weight excluding hydrogens is 230 g/mol. The molecule has 1 rings (SSSR count). The van der Waals surface area contributed by atoms with E-state index in [-0.39, 0.29) is 0 Å². The Labute approximate surface area is 110 Å². The predicted octanol–water partition coefficient (Wildman–Crippen LogP) is 2.38. The number of nitrogens with zero attached hydrogens (tertiary/aromatic N) is 1. The summed E-state index contributed by atoms with van der Waals surface area (Å²) >= 11 is 0. The zero-order chi connectivity index (χ0) is 13.6. The fourth-order valence-corrected chi connectivity index (χ4v) is 2.98. The number of carboxylic acids is 1. The van der Waals surface area contributed by atoms with Crippen molar-refractivity contribution < 1.29 is 14.6 Å². The Bertz CT molecular complexity index is 266. The summed E-state index contributed by atoms with van der Waals surface area (Å²) in [5, 5.41) is 9.54. The van der Waals surface area contributed by atoms with Crippen LogP contribution in [0, 0.1) is 5.41 Å². The molecule has 0 radical (unpaired) electrons. The first-order chi connectivity index (χ1) is 8.55. The summed E-state index contributed by atoms with van der Waals surface area (Å²) in [6.45, 7) is 6.69. The molecule has 0 aromatic heterocycles. The lowest BCUT2D eigenvalue weighted by Gasteiger charge is -2.42. The Morgan fingerprint density at radius 3 is 2.83 bits per heavy atom. The molecule has 1 N–H and O–H groups in total. The van der Waals surface area contributed by atoms with Gasteiger partial charge >= 0.3 is 5.97 Å². The number of aliphatic carboxylic acids is 1. The van der Waals surface area contributed by atoms with Crippen molar-refractivity contribution in [1.29, 1.82) is 0 Å². The van der Waals surface area contributed by atoms with Gasteiger partial charge in [-0.3, -0.25) is 9.69 Å². The lowest BCUT2D eigenvalue weighted by atomic mass is 9.76. The number of piperidine rings is 1. The molecule has 18 heavy (non-hydrogen) atoms. The van der Waals surface area contributed by atoms with E-state index in [2.05, 4.69) is 18.7 Å². The van der Waals surface area contributed by atoms with Crippen LogP contribution in [-0.4, -0.2) is 48.8 Å². The molecule has 4 heteroatoms. The van der Waals surface area contributed by atoms with Crippen LogP contribution in [0.5, 0.6) is 0 Å². The number of likely N-dealkylation sites (tertiary alicyclic amines) is 1. The van der Waals surface area contributed by atoms with Gasteiger partial charge in [-0.1, -0.05) is 13.3 Å². The fraction of sp³-hybridized carbons (Fsp3) is 0.929. The second-order valence-electron chi connectivity index (χ2n) is 5.54. The maximum atomic E-state index is 11.6. The van der Waals surface area contributed by atoms with Crippen molar-refractivity contribution in [2.45, 2.75) is 52.0 Å². The minimum Gasteiger partial charge on any atom is -0.481 e. The minimum atomic E-state index is -0.618. The van der Waals surface area contributed by atoms with E-state index in [4.69, 9.17) is 4.74 Å². The van der Waals surface area contributed by atoms with Gasteiger partial charge in [-0.25, -0.2) is 0 Å². The highest BCUT2D eigenvalue weighted by atomic mass is 16.5. The van der Waals surface area contributed by atoms with Gasteiger partial charge in [0.15, 0.2) is 0 Å². The first-order valence-electron chi connectivity index (χ1n) is 7.02. The summed E-state index contributed by atoms with van der Waals surface area (Å²) in [7, 11) is 1.71. The van der Waals surface area contributed by atoms with E-state index in [1.807, 2.05) is 0 Å². The van der Waals surface area contributed by atoms with Crippen LogP contribution in [0.4, 0.5) is 0 Å². The third-order valence-electron chi connectivity index (χ3n) is 4.15. The second-order valence-corrected chi connectivity index (χ2v) is 5.54. The highest BCUT2D eigenvalue weighted by Gasteiger charge is 2.42. The molecule has 1 fully saturated rings. The topological polar surface area (TPSA) is 49.8 Å². The Hall–Kier alpha value is -0.610. The highest BCUT2D eigenvalue weighted by molar-refractivity contribution is 5.75. The molecular formula is C14H27NO3. The molecule has 4 nitrogen and oxygen atoms in total. The molecule has 0 aliphatic carbocycles. The van der Waals surface area contributed by atoms with Gasteiger partial charge < -0.3 is 9.84 Å². The smallest absolute Gasteiger partial charge is 0.310 e. The normalized spacial score (nSPS) is 27.1. The summed E-state index contributed by atoms with van der Waals surface area (Å²) < 4.78 is 5.11. The lowest BCUT2D eigenvalue weighted by Crippen LogP contribution is -2.50. The number of hydrogen-bond donors (Lipinski definition) is 1. The first kappa shape index (κ1) is 15.4. The number of rotatable bonds is 7. The quantitative estimate of drug-likeness (QED) is 0.760. The molecule has 1 heterocycles. The maximum Gasteiger partial charge on any atom is 0.310 e. The van der Waals surface area contributed by atoms with E-state index >= 15 is 0 Å². The van der Waals surface area contributed by atoms with Crippen molar-refractivity contribution in [1.82, 2.24) is 4.90 Å². The van der Waals surface area contributed by atoms with Crippen molar-refractivity contribution >= 4 is 5.97 Å². The fourth-order valence-electron chi connectivity index (χ4n) is 2.98. The summed E-state index contributed by atoms with van der Waals surface area (Å²) in [5.41, 5.74) is -0.520. The summed E-state index contributed by atoms with van der Waals surface area (Å²) in [4.78, 5) is 13.9. The molecule has 0 spiro atoms. The number of hydrogen-bond acceptors (Lipinski definition) is 3. The highest BCUT2D eigenvalue weighted by Crippen LogP contribution is 2.36. The molecule has 1 saturated heterocycles. The van der Waals surface area contributed by atoms with Gasteiger partial charge in [-0.15, -0.1) is 0 Å². The third kappa shape index (κ3) is 3.69. The van der Waals surface area contributed by atoms with Crippen molar-refractivity contribution in [3.05, 3.63) is 0 Å². The van der Waals surface area contributed by atoms with E-state index in [1.165, 1.54) is 0 Å². The van der Waals surface area contributed by atoms with Crippen LogP contribution >= 0.6 is 0 Å². The van der Waals surface area contributed by atoms with Gasteiger partial charge in [0.2, 0.25) is 0 Å². The Balaban J connectivity index is 2.65. The Morgan fingerprint density at radius 2 is 2.28 bits per heavy atom. The minimum absolute atomic E-state index is 0.404. The van der Waals surface area contributed by atoms with Gasteiger partial charge in [-0.2, -0.15) is 0 Å². The summed E-state index contributed by atoms with van der Waals surface area (Å²) in [6, 6.07) is 0.404. The zero-order valence-corrected chi connectivity index (χ0v) is 11.9. The van der Waals surface area contributed by atoms with E-state index in [0.717, 1.165) is 45.3 Å². The number of carboxylic acid groups (broad SMARTS) is 1. The van der Waals surface area contributed by atoms with Crippen LogP contribution in [-0.2, 0) is 9.53 Å². The van der Waals surface area contributed by atoms with Crippen molar-refractivity contribution in [3.63, 3.8) is 0 Å². The van der Waals surface area contributed by atoms with Gasteiger partial charge in [0, 0.05) is 26.3 Å².